The van der Waals surface area contributed by atoms with E-state index in [1.165, 1.54) is 0 Å². The maximum absolute atomic E-state index is 11.4. The van der Waals surface area contributed by atoms with Gasteiger partial charge in [-0.05, 0) is 32.2 Å². The predicted molar refractivity (Wildman–Crippen MR) is 79.8 cm³/mol. The van der Waals surface area contributed by atoms with Crippen molar-refractivity contribution in [3.63, 3.8) is 0 Å². The summed E-state index contributed by atoms with van der Waals surface area (Å²) in [6.07, 6.45) is 3.96. The van der Waals surface area contributed by atoms with Gasteiger partial charge in [-0.3, -0.25) is 9.11 Å². The second-order valence-corrected chi connectivity index (χ2v) is 7.73. The fourth-order valence-corrected chi connectivity index (χ4v) is 3.71. The maximum atomic E-state index is 11.4. The fourth-order valence-electron chi connectivity index (χ4n) is 2.44. The lowest BCUT2D eigenvalue weighted by Gasteiger charge is -2.29. The first kappa shape index (κ1) is 15.6. The van der Waals surface area contributed by atoms with Gasteiger partial charge in [0.1, 0.15) is 0 Å². The Morgan fingerprint density at radius 2 is 2.10 bits per heavy atom. The first-order valence-electron chi connectivity index (χ1n) is 7.41. The molecule has 0 aliphatic carbocycles. The molecule has 1 aromatic heterocycles. The second-order valence-electron chi connectivity index (χ2n) is 6.03. The molecule has 114 valence electrons. The maximum Gasteiger partial charge on any atom is 0.240 e. The molecule has 0 spiro atoms. The van der Waals surface area contributed by atoms with Gasteiger partial charge in [0, 0.05) is 34.8 Å². The van der Waals surface area contributed by atoms with Gasteiger partial charge in [-0.15, -0.1) is 0 Å². The van der Waals surface area contributed by atoms with Crippen LogP contribution in [0.3, 0.4) is 0 Å². The van der Waals surface area contributed by atoms with Gasteiger partial charge in [-0.2, -0.15) is 4.98 Å². The molecule has 0 bridgehead atoms. The minimum absolute atomic E-state index is 0.485. The highest BCUT2D eigenvalue weighted by Crippen LogP contribution is 2.17. The SMILES string of the molecule is CC(C)CCc1noc(CN(C)C2CCS(=O)CC2)n1. The lowest BCUT2D eigenvalue weighted by atomic mass is 10.1. The van der Waals surface area contributed by atoms with E-state index in [1.807, 2.05) is 0 Å². The zero-order valence-electron chi connectivity index (χ0n) is 12.7. The molecule has 2 heterocycles. The van der Waals surface area contributed by atoms with Crippen LogP contribution in [-0.2, 0) is 23.8 Å². The molecule has 1 saturated heterocycles. The summed E-state index contributed by atoms with van der Waals surface area (Å²) in [4.78, 5) is 6.70. The highest BCUT2D eigenvalue weighted by atomic mass is 32.2. The topological polar surface area (TPSA) is 59.2 Å². The van der Waals surface area contributed by atoms with Crippen LogP contribution < -0.4 is 0 Å². The summed E-state index contributed by atoms with van der Waals surface area (Å²) >= 11 is 0. The predicted octanol–water partition coefficient (Wildman–Crippen LogP) is 2.00. The standard InChI is InChI=1S/C14H25N3O2S/c1-11(2)4-5-13-15-14(19-16-13)10-17(3)12-6-8-20(18)9-7-12/h11-12H,4-10H2,1-3H3. The normalized spacial score (nSPS) is 23.6. The summed E-state index contributed by atoms with van der Waals surface area (Å²) in [5.74, 6) is 3.80. The summed E-state index contributed by atoms with van der Waals surface area (Å²) in [6.45, 7) is 5.08. The minimum Gasteiger partial charge on any atom is -0.338 e. The van der Waals surface area contributed by atoms with E-state index in [1.54, 1.807) is 0 Å². The molecule has 1 fully saturated rings. The van der Waals surface area contributed by atoms with Crippen molar-refractivity contribution in [2.45, 2.75) is 52.1 Å². The quantitative estimate of drug-likeness (QED) is 0.804. The van der Waals surface area contributed by atoms with Crippen LogP contribution in [0.4, 0.5) is 0 Å². The van der Waals surface area contributed by atoms with Crippen molar-refractivity contribution in [1.29, 1.82) is 0 Å². The summed E-state index contributed by atoms with van der Waals surface area (Å²) < 4.78 is 16.7. The Bertz CT molecular complexity index is 437. The van der Waals surface area contributed by atoms with Crippen molar-refractivity contribution in [3.8, 4) is 0 Å². The molecule has 5 nitrogen and oxygen atoms in total. The van der Waals surface area contributed by atoms with E-state index < -0.39 is 10.8 Å². The molecule has 1 aromatic rings. The molecule has 0 unspecified atom stereocenters. The first-order valence-corrected chi connectivity index (χ1v) is 8.90. The molecule has 20 heavy (non-hydrogen) atoms. The number of hydrogen-bond donors (Lipinski definition) is 0. The average molecular weight is 299 g/mol. The van der Waals surface area contributed by atoms with Crippen LogP contribution in [-0.4, -0.2) is 43.8 Å². The number of aryl methyl sites for hydroxylation is 1. The van der Waals surface area contributed by atoms with Crippen molar-refractivity contribution in [3.05, 3.63) is 11.7 Å². The lowest BCUT2D eigenvalue weighted by molar-refractivity contribution is 0.192. The van der Waals surface area contributed by atoms with E-state index in [-0.39, 0.29) is 0 Å². The zero-order chi connectivity index (χ0) is 14.5. The largest absolute Gasteiger partial charge is 0.338 e. The van der Waals surface area contributed by atoms with E-state index >= 15 is 0 Å². The highest BCUT2D eigenvalue weighted by Gasteiger charge is 2.22. The number of hydrogen-bond acceptors (Lipinski definition) is 5. The van der Waals surface area contributed by atoms with Crippen LogP contribution in [0.25, 0.3) is 0 Å². The van der Waals surface area contributed by atoms with Gasteiger partial charge < -0.3 is 4.52 Å². The van der Waals surface area contributed by atoms with Crippen molar-refractivity contribution in [2.75, 3.05) is 18.6 Å². The van der Waals surface area contributed by atoms with E-state index in [2.05, 4.69) is 35.9 Å². The first-order chi connectivity index (χ1) is 9.54. The van der Waals surface area contributed by atoms with Crippen LogP contribution in [0, 0.1) is 5.92 Å². The second kappa shape index (κ2) is 7.31. The minimum atomic E-state index is -0.605. The van der Waals surface area contributed by atoms with E-state index in [4.69, 9.17) is 4.52 Å². The number of nitrogens with zero attached hydrogens (tertiary/aromatic N) is 3. The number of aromatic nitrogens is 2. The van der Waals surface area contributed by atoms with Gasteiger partial charge in [0.2, 0.25) is 5.89 Å². The van der Waals surface area contributed by atoms with Crippen LogP contribution in [0.5, 0.6) is 0 Å². The smallest absolute Gasteiger partial charge is 0.240 e. The van der Waals surface area contributed by atoms with Crippen LogP contribution in [0.15, 0.2) is 4.52 Å². The van der Waals surface area contributed by atoms with E-state index in [0.29, 0.717) is 24.4 Å². The van der Waals surface area contributed by atoms with Gasteiger partial charge in [0.15, 0.2) is 5.82 Å². The van der Waals surface area contributed by atoms with E-state index in [0.717, 1.165) is 43.0 Å². The molecule has 0 atom stereocenters. The van der Waals surface area contributed by atoms with E-state index in [9.17, 15) is 4.21 Å². The Balaban J connectivity index is 1.82. The van der Waals surface area contributed by atoms with Crippen LogP contribution >= 0.6 is 0 Å². The van der Waals surface area contributed by atoms with Crippen molar-refractivity contribution < 1.29 is 8.73 Å². The average Bonchev–Trinajstić information content (AvgIpc) is 2.84. The Kier molecular flexibility index (Phi) is 5.72. The summed E-state index contributed by atoms with van der Waals surface area (Å²) in [5, 5.41) is 4.04. The molecule has 0 aromatic carbocycles. The molecule has 1 aliphatic heterocycles. The van der Waals surface area contributed by atoms with Crippen molar-refractivity contribution in [2.24, 2.45) is 5.92 Å². The molecule has 6 heteroatoms. The summed E-state index contributed by atoms with van der Waals surface area (Å²) in [6, 6.07) is 0.485. The molecule has 2 rings (SSSR count). The molecule has 0 radical (unpaired) electrons. The fraction of sp³-hybridized carbons (Fsp3) is 0.857. The number of rotatable bonds is 6. The third kappa shape index (κ3) is 4.66. The Hall–Kier alpha value is -0.750. The van der Waals surface area contributed by atoms with Gasteiger partial charge in [0.25, 0.3) is 0 Å². The molecule has 0 saturated carbocycles. The zero-order valence-corrected chi connectivity index (χ0v) is 13.5. The lowest BCUT2D eigenvalue weighted by Crippen LogP contribution is -2.37. The van der Waals surface area contributed by atoms with Gasteiger partial charge in [-0.1, -0.05) is 19.0 Å². The molecule has 0 amide bonds. The Morgan fingerprint density at radius 1 is 1.40 bits per heavy atom. The highest BCUT2D eigenvalue weighted by molar-refractivity contribution is 7.85. The molecular formula is C14H25N3O2S. The Morgan fingerprint density at radius 3 is 2.75 bits per heavy atom. The monoisotopic (exact) mass is 299 g/mol. The van der Waals surface area contributed by atoms with Crippen LogP contribution in [0.1, 0.15) is 44.8 Å². The van der Waals surface area contributed by atoms with Crippen molar-refractivity contribution >= 4 is 10.8 Å². The van der Waals surface area contributed by atoms with Crippen molar-refractivity contribution in [1.82, 2.24) is 15.0 Å². The molecule has 1 aliphatic rings. The summed E-state index contributed by atoms with van der Waals surface area (Å²) in [5.41, 5.74) is 0. The molecule has 0 N–H and O–H groups in total. The van der Waals surface area contributed by atoms with Gasteiger partial charge >= 0.3 is 0 Å². The third-order valence-corrected chi connectivity index (χ3v) is 5.20. The summed E-state index contributed by atoms with van der Waals surface area (Å²) in [7, 11) is 1.48. The third-order valence-electron chi connectivity index (χ3n) is 3.82. The Labute approximate surface area is 123 Å². The van der Waals surface area contributed by atoms with Gasteiger partial charge in [-0.25, -0.2) is 0 Å². The van der Waals surface area contributed by atoms with Crippen LogP contribution in [0.2, 0.25) is 0 Å². The van der Waals surface area contributed by atoms with Gasteiger partial charge in [0.05, 0.1) is 6.54 Å². The molecular weight excluding hydrogens is 274 g/mol.